The summed E-state index contributed by atoms with van der Waals surface area (Å²) in [6.45, 7) is 0. The summed E-state index contributed by atoms with van der Waals surface area (Å²) < 4.78 is 7.90. The van der Waals surface area contributed by atoms with E-state index in [0.29, 0.717) is 5.41 Å². The molecule has 0 aromatic heterocycles. The van der Waals surface area contributed by atoms with Gasteiger partial charge in [0.1, 0.15) is 0 Å². The molecule has 3 aliphatic carbocycles. The predicted octanol–water partition coefficient (Wildman–Crippen LogP) is 2.75. The molecular formula is C10H14. The average Bonchev–Trinajstić information content (AvgIpc) is 2.49. The topological polar surface area (TPSA) is 0 Å². The summed E-state index contributed by atoms with van der Waals surface area (Å²) in [4.78, 5) is 0. The van der Waals surface area contributed by atoms with Gasteiger partial charge in [0.15, 0.2) is 0 Å². The minimum atomic E-state index is 0.407. The minimum Gasteiger partial charge on any atom is -0.0848 e. The summed E-state index contributed by atoms with van der Waals surface area (Å²) in [5, 5.41) is 0. The minimum absolute atomic E-state index is 0.407. The lowest BCUT2D eigenvalue weighted by molar-refractivity contribution is 0.332. The van der Waals surface area contributed by atoms with Crippen molar-refractivity contribution in [1.29, 1.82) is 0 Å². The SMILES string of the molecule is [2H]C1=C[C@@H]2C[C@H]3CCC[C@]13C2. The van der Waals surface area contributed by atoms with Crippen LogP contribution in [0.1, 0.15) is 33.5 Å². The maximum atomic E-state index is 7.90. The Morgan fingerprint density at radius 2 is 2.60 bits per heavy atom. The zero-order valence-electron chi connectivity index (χ0n) is 7.27. The van der Waals surface area contributed by atoms with E-state index in [2.05, 4.69) is 6.08 Å². The molecule has 54 valence electrons. The lowest BCUT2D eigenvalue weighted by atomic mass is 9.81. The van der Waals surface area contributed by atoms with Crippen molar-refractivity contribution in [2.45, 2.75) is 32.1 Å². The maximum Gasteiger partial charge on any atom is 0.0579 e. The van der Waals surface area contributed by atoms with Crippen molar-refractivity contribution in [2.75, 3.05) is 0 Å². The van der Waals surface area contributed by atoms with Crippen LogP contribution >= 0.6 is 0 Å². The second-order valence-corrected chi connectivity index (χ2v) is 4.26. The number of hydrogen-bond acceptors (Lipinski definition) is 0. The molecule has 2 fully saturated rings. The van der Waals surface area contributed by atoms with E-state index in [4.69, 9.17) is 1.37 Å². The van der Waals surface area contributed by atoms with Crippen molar-refractivity contribution in [1.82, 2.24) is 0 Å². The number of allylic oxidation sites excluding steroid dienone is 2. The van der Waals surface area contributed by atoms with Gasteiger partial charge in [0.2, 0.25) is 0 Å². The van der Waals surface area contributed by atoms with E-state index < -0.39 is 0 Å². The molecule has 0 nitrogen and oxygen atoms in total. The average molecular weight is 135 g/mol. The van der Waals surface area contributed by atoms with Gasteiger partial charge in [-0.25, -0.2) is 0 Å². The van der Waals surface area contributed by atoms with E-state index in [1.165, 1.54) is 32.1 Å². The highest BCUT2D eigenvalue weighted by Gasteiger charge is 2.50. The van der Waals surface area contributed by atoms with E-state index in [9.17, 15) is 0 Å². The second kappa shape index (κ2) is 1.49. The summed E-state index contributed by atoms with van der Waals surface area (Å²) in [5.74, 6) is 1.71. The Balaban J connectivity index is 2.09. The van der Waals surface area contributed by atoms with Gasteiger partial charge in [0, 0.05) is 0 Å². The number of hydrogen-bond donors (Lipinski definition) is 0. The quantitative estimate of drug-likeness (QED) is 0.448. The van der Waals surface area contributed by atoms with Gasteiger partial charge in [-0.05, 0) is 42.9 Å². The van der Waals surface area contributed by atoms with Gasteiger partial charge in [-0.2, -0.15) is 0 Å². The van der Waals surface area contributed by atoms with Crippen molar-refractivity contribution in [3.8, 4) is 0 Å². The fourth-order valence-corrected chi connectivity index (χ4v) is 3.33. The van der Waals surface area contributed by atoms with Gasteiger partial charge < -0.3 is 0 Å². The van der Waals surface area contributed by atoms with E-state index in [0.717, 1.165) is 17.9 Å². The highest BCUT2D eigenvalue weighted by atomic mass is 14.5. The first kappa shape index (κ1) is 4.58. The summed E-state index contributed by atoms with van der Waals surface area (Å²) in [5.41, 5.74) is 0.407. The van der Waals surface area contributed by atoms with E-state index in [1.54, 1.807) is 0 Å². The predicted molar refractivity (Wildman–Crippen MR) is 41.6 cm³/mol. The molecule has 0 radical (unpaired) electrons. The highest BCUT2D eigenvalue weighted by molar-refractivity contribution is 5.20. The normalized spacial score (nSPS) is 58.4. The zero-order valence-corrected chi connectivity index (χ0v) is 6.27. The molecule has 0 unspecified atom stereocenters. The molecule has 0 N–H and O–H groups in total. The van der Waals surface area contributed by atoms with Gasteiger partial charge in [-0.3, -0.25) is 0 Å². The Morgan fingerprint density at radius 3 is 3.40 bits per heavy atom. The van der Waals surface area contributed by atoms with Crippen molar-refractivity contribution >= 4 is 0 Å². The van der Waals surface area contributed by atoms with Crippen molar-refractivity contribution in [2.24, 2.45) is 17.3 Å². The molecular weight excluding hydrogens is 120 g/mol. The largest absolute Gasteiger partial charge is 0.0848 e. The van der Waals surface area contributed by atoms with Crippen LogP contribution in [-0.4, -0.2) is 0 Å². The van der Waals surface area contributed by atoms with E-state index in [-0.39, 0.29) is 0 Å². The molecule has 10 heavy (non-hydrogen) atoms. The summed E-state index contributed by atoms with van der Waals surface area (Å²) in [7, 11) is 0. The molecule has 1 spiro atoms. The monoisotopic (exact) mass is 135 g/mol. The fraction of sp³-hybridized carbons (Fsp3) is 0.800. The molecule has 3 aliphatic rings. The molecule has 0 aromatic rings. The molecule has 0 amide bonds. The van der Waals surface area contributed by atoms with Crippen molar-refractivity contribution in [3.05, 3.63) is 12.1 Å². The zero-order chi connectivity index (χ0) is 7.47. The Morgan fingerprint density at radius 1 is 1.60 bits per heavy atom. The van der Waals surface area contributed by atoms with Crippen LogP contribution in [-0.2, 0) is 0 Å². The van der Waals surface area contributed by atoms with Gasteiger partial charge in [0.05, 0.1) is 1.37 Å². The third-order valence-corrected chi connectivity index (χ3v) is 3.78. The van der Waals surface area contributed by atoms with Gasteiger partial charge in [-0.1, -0.05) is 18.5 Å². The third kappa shape index (κ3) is 0.457. The van der Waals surface area contributed by atoms with Crippen molar-refractivity contribution < 1.29 is 1.37 Å². The van der Waals surface area contributed by atoms with E-state index in [1.807, 2.05) is 0 Å². The molecule has 0 aliphatic heterocycles. The highest BCUT2D eigenvalue weighted by Crippen LogP contribution is 2.61. The van der Waals surface area contributed by atoms with Crippen LogP contribution < -0.4 is 0 Å². The van der Waals surface area contributed by atoms with Crippen LogP contribution in [0.3, 0.4) is 0 Å². The Hall–Kier alpha value is -0.260. The van der Waals surface area contributed by atoms with Crippen LogP contribution in [0.2, 0.25) is 0 Å². The number of rotatable bonds is 0. The molecule has 0 heterocycles. The smallest absolute Gasteiger partial charge is 0.0579 e. The molecule has 0 heteroatoms. The molecule has 0 saturated heterocycles. The van der Waals surface area contributed by atoms with Crippen LogP contribution in [0.25, 0.3) is 0 Å². The number of fused-ring (bicyclic) bond motifs is 1. The standard InChI is InChI=1S/C10H14/c1-2-9-6-8-3-5-10(9,4-1)7-8/h3,5,8-9H,1-2,4,6-7H2/t8-,9-,10-/m1/s1/i5D. The fourth-order valence-electron chi connectivity index (χ4n) is 3.33. The first-order chi connectivity index (χ1) is 5.31. The van der Waals surface area contributed by atoms with Crippen LogP contribution in [0.15, 0.2) is 12.1 Å². The molecule has 2 bridgehead atoms. The van der Waals surface area contributed by atoms with Gasteiger partial charge in [-0.15, -0.1) is 0 Å². The summed E-state index contributed by atoms with van der Waals surface area (Å²) in [6, 6.07) is 0.997. The molecule has 2 saturated carbocycles. The molecule has 0 aromatic carbocycles. The Bertz CT molecular complexity index is 231. The first-order valence-corrected chi connectivity index (χ1v) is 4.50. The summed E-state index contributed by atoms with van der Waals surface area (Å²) >= 11 is 0. The Labute approximate surface area is 63.7 Å². The van der Waals surface area contributed by atoms with Crippen molar-refractivity contribution in [3.63, 3.8) is 0 Å². The van der Waals surface area contributed by atoms with Crippen LogP contribution in [0.4, 0.5) is 0 Å². The molecule has 3 atom stereocenters. The second-order valence-electron chi connectivity index (χ2n) is 4.26. The molecule has 3 rings (SSSR count). The van der Waals surface area contributed by atoms with Gasteiger partial charge in [0.25, 0.3) is 0 Å². The lowest BCUT2D eigenvalue weighted by Crippen LogP contribution is -2.15. The Kier molecular flexibility index (Phi) is 0.683. The first-order valence-electron chi connectivity index (χ1n) is 5.00. The van der Waals surface area contributed by atoms with E-state index >= 15 is 0 Å². The maximum absolute atomic E-state index is 7.90. The third-order valence-electron chi connectivity index (χ3n) is 3.78. The van der Waals surface area contributed by atoms with Crippen LogP contribution in [0.5, 0.6) is 0 Å². The summed E-state index contributed by atoms with van der Waals surface area (Å²) in [6.07, 6.45) is 9.07. The van der Waals surface area contributed by atoms with Crippen LogP contribution in [0, 0.1) is 17.3 Å². The lowest BCUT2D eigenvalue weighted by Gasteiger charge is -2.23. The van der Waals surface area contributed by atoms with Gasteiger partial charge >= 0.3 is 0 Å².